The molecule has 21 heavy (non-hydrogen) atoms. The van der Waals surface area contributed by atoms with Gasteiger partial charge in [-0.15, -0.1) is 0 Å². The molecule has 0 aliphatic carbocycles. The predicted molar refractivity (Wildman–Crippen MR) is 90.0 cm³/mol. The molecule has 0 unspecified atom stereocenters. The van der Waals surface area contributed by atoms with E-state index < -0.39 is 0 Å². The summed E-state index contributed by atoms with van der Waals surface area (Å²) in [6.45, 7) is 3.36. The maximum Gasteiger partial charge on any atom is 0.151 e. The van der Waals surface area contributed by atoms with Gasteiger partial charge in [0.25, 0.3) is 0 Å². The van der Waals surface area contributed by atoms with E-state index in [1.165, 1.54) is 0 Å². The zero-order chi connectivity index (χ0) is 14.8. The van der Waals surface area contributed by atoms with Crippen molar-refractivity contribution in [3.05, 3.63) is 40.1 Å². The van der Waals surface area contributed by atoms with E-state index in [2.05, 4.69) is 35.7 Å². The van der Waals surface area contributed by atoms with Crippen LogP contribution in [0.2, 0.25) is 5.02 Å². The van der Waals surface area contributed by atoms with E-state index in [1.54, 1.807) is 12.4 Å². The molecule has 0 radical (unpaired) electrons. The highest BCUT2D eigenvalue weighted by molar-refractivity contribution is 9.10. The Morgan fingerprint density at radius 1 is 1.10 bits per heavy atom. The van der Waals surface area contributed by atoms with E-state index in [1.807, 2.05) is 18.2 Å². The van der Waals surface area contributed by atoms with Crippen LogP contribution in [0.1, 0.15) is 0 Å². The molecule has 2 aromatic rings. The molecule has 1 saturated heterocycles. The second-order valence-electron chi connectivity index (χ2n) is 4.85. The Hall–Kier alpha value is -1.53. The lowest BCUT2D eigenvalue weighted by atomic mass is 10.2. The summed E-state index contributed by atoms with van der Waals surface area (Å²) in [7, 11) is 0. The lowest BCUT2D eigenvalue weighted by Crippen LogP contribution is -2.47. The summed E-state index contributed by atoms with van der Waals surface area (Å²) in [5.74, 6) is 1.68. The highest BCUT2D eigenvalue weighted by Gasteiger charge is 2.21. The molecule has 5 nitrogen and oxygen atoms in total. The third-order valence-electron chi connectivity index (χ3n) is 3.48. The van der Waals surface area contributed by atoms with E-state index in [9.17, 15) is 0 Å². The number of pyridine rings is 2. The number of nitrogens with two attached hydrogens (primary N) is 1. The van der Waals surface area contributed by atoms with Gasteiger partial charge < -0.3 is 15.5 Å². The Bertz CT molecular complexity index is 643. The van der Waals surface area contributed by atoms with Crippen molar-refractivity contribution in [3.8, 4) is 0 Å². The topological polar surface area (TPSA) is 58.3 Å². The first-order valence-electron chi connectivity index (χ1n) is 6.66. The van der Waals surface area contributed by atoms with Gasteiger partial charge in [0, 0.05) is 43.0 Å². The molecule has 2 aromatic heterocycles. The molecule has 7 heteroatoms. The monoisotopic (exact) mass is 367 g/mol. The summed E-state index contributed by atoms with van der Waals surface area (Å²) in [5.41, 5.74) is 6.70. The molecule has 0 amide bonds. The molecule has 1 aliphatic rings. The van der Waals surface area contributed by atoms with Crippen LogP contribution in [0.3, 0.4) is 0 Å². The molecule has 0 saturated carbocycles. The molecule has 1 aliphatic heterocycles. The molecule has 1 fully saturated rings. The minimum absolute atomic E-state index is 0.662. The van der Waals surface area contributed by atoms with E-state index in [4.69, 9.17) is 17.3 Å². The number of anilines is 3. The second kappa shape index (κ2) is 6.07. The summed E-state index contributed by atoms with van der Waals surface area (Å²) in [4.78, 5) is 13.1. The van der Waals surface area contributed by atoms with Crippen LogP contribution < -0.4 is 15.5 Å². The van der Waals surface area contributed by atoms with E-state index in [0.717, 1.165) is 42.3 Å². The minimum atomic E-state index is 0.662. The van der Waals surface area contributed by atoms with E-state index in [0.29, 0.717) is 10.7 Å². The Morgan fingerprint density at radius 2 is 1.76 bits per heavy atom. The molecule has 110 valence electrons. The standard InChI is InChI=1S/C14H15BrClN5/c15-10-8-11(16)13(19-9-10)20-4-6-21(7-5-20)14-12(17)2-1-3-18-14/h1-3,8-9H,4-7,17H2. The number of hydrogen-bond acceptors (Lipinski definition) is 5. The first-order chi connectivity index (χ1) is 10.1. The first kappa shape index (κ1) is 14.4. The zero-order valence-corrected chi connectivity index (χ0v) is 13.7. The van der Waals surface area contributed by atoms with Gasteiger partial charge in [-0.25, -0.2) is 9.97 Å². The quantitative estimate of drug-likeness (QED) is 0.883. The Labute approximate surface area is 136 Å². The maximum absolute atomic E-state index is 6.26. The third kappa shape index (κ3) is 3.06. The number of nitrogen functional groups attached to an aromatic ring is 1. The average Bonchev–Trinajstić information content (AvgIpc) is 2.48. The van der Waals surface area contributed by atoms with Gasteiger partial charge in [-0.05, 0) is 34.1 Å². The van der Waals surface area contributed by atoms with Gasteiger partial charge in [0.1, 0.15) is 5.82 Å². The van der Waals surface area contributed by atoms with E-state index >= 15 is 0 Å². The van der Waals surface area contributed by atoms with Gasteiger partial charge in [0.2, 0.25) is 0 Å². The number of hydrogen-bond donors (Lipinski definition) is 1. The fourth-order valence-electron chi connectivity index (χ4n) is 2.44. The van der Waals surface area contributed by atoms with Crippen molar-refractivity contribution >= 4 is 44.9 Å². The lowest BCUT2D eigenvalue weighted by Gasteiger charge is -2.36. The van der Waals surface area contributed by atoms with Gasteiger partial charge in [-0.2, -0.15) is 0 Å². The second-order valence-corrected chi connectivity index (χ2v) is 6.17. The van der Waals surface area contributed by atoms with Crippen LogP contribution in [0, 0.1) is 0 Å². The third-order valence-corrected chi connectivity index (χ3v) is 4.20. The molecular weight excluding hydrogens is 354 g/mol. The Kier molecular flexibility index (Phi) is 4.17. The van der Waals surface area contributed by atoms with Crippen molar-refractivity contribution < 1.29 is 0 Å². The summed E-state index contributed by atoms with van der Waals surface area (Å²) in [6.07, 6.45) is 3.54. The molecular formula is C14H15BrClN5. The lowest BCUT2D eigenvalue weighted by molar-refractivity contribution is 0.642. The van der Waals surface area contributed by atoms with Gasteiger partial charge >= 0.3 is 0 Å². The van der Waals surface area contributed by atoms with Crippen molar-refractivity contribution in [3.63, 3.8) is 0 Å². The van der Waals surface area contributed by atoms with Gasteiger partial charge in [0.15, 0.2) is 5.82 Å². The SMILES string of the molecule is Nc1cccnc1N1CCN(c2ncc(Br)cc2Cl)CC1. The Morgan fingerprint density at radius 3 is 2.38 bits per heavy atom. The summed E-state index contributed by atoms with van der Waals surface area (Å²) < 4.78 is 0.885. The molecule has 0 atom stereocenters. The van der Waals surface area contributed by atoms with Crippen LogP contribution in [-0.4, -0.2) is 36.1 Å². The fraction of sp³-hybridized carbons (Fsp3) is 0.286. The van der Waals surface area contributed by atoms with Crippen LogP contribution in [0.5, 0.6) is 0 Å². The highest BCUT2D eigenvalue weighted by Crippen LogP contribution is 2.28. The molecule has 0 bridgehead atoms. The van der Waals surface area contributed by atoms with Crippen LogP contribution in [-0.2, 0) is 0 Å². The average molecular weight is 369 g/mol. The summed E-state index contributed by atoms with van der Waals surface area (Å²) in [6, 6.07) is 5.59. The van der Waals surface area contributed by atoms with Crippen LogP contribution in [0.15, 0.2) is 35.1 Å². The number of rotatable bonds is 2. The fourth-order valence-corrected chi connectivity index (χ4v) is 3.19. The summed E-state index contributed by atoms with van der Waals surface area (Å²) in [5, 5.41) is 0.662. The number of aromatic nitrogens is 2. The van der Waals surface area contributed by atoms with E-state index in [-0.39, 0.29) is 0 Å². The zero-order valence-electron chi connectivity index (χ0n) is 11.3. The number of piperazine rings is 1. The van der Waals surface area contributed by atoms with Gasteiger partial charge in [-0.1, -0.05) is 11.6 Å². The number of nitrogens with zero attached hydrogens (tertiary/aromatic N) is 4. The van der Waals surface area contributed by atoms with Gasteiger partial charge in [0.05, 0.1) is 10.7 Å². The van der Waals surface area contributed by atoms with Crippen molar-refractivity contribution in [2.45, 2.75) is 0 Å². The summed E-state index contributed by atoms with van der Waals surface area (Å²) >= 11 is 9.63. The van der Waals surface area contributed by atoms with Crippen LogP contribution in [0.25, 0.3) is 0 Å². The minimum Gasteiger partial charge on any atom is -0.396 e. The highest BCUT2D eigenvalue weighted by atomic mass is 79.9. The van der Waals surface area contributed by atoms with Crippen molar-refractivity contribution in [2.75, 3.05) is 41.7 Å². The normalized spacial score (nSPS) is 15.3. The maximum atomic E-state index is 6.26. The van der Waals surface area contributed by atoms with Crippen LogP contribution >= 0.6 is 27.5 Å². The molecule has 3 rings (SSSR count). The van der Waals surface area contributed by atoms with Crippen LogP contribution in [0.4, 0.5) is 17.3 Å². The number of halogens is 2. The van der Waals surface area contributed by atoms with Crippen molar-refractivity contribution in [1.82, 2.24) is 9.97 Å². The molecule has 2 N–H and O–H groups in total. The first-order valence-corrected chi connectivity index (χ1v) is 7.83. The molecule has 3 heterocycles. The molecule has 0 spiro atoms. The predicted octanol–water partition coefficient (Wildman–Crippen LogP) is 2.80. The molecule has 0 aromatic carbocycles. The van der Waals surface area contributed by atoms with Gasteiger partial charge in [-0.3, -0.25) is 0 Å². The Balaban J connectivity index is 1.72. The largest absolute Gasteiger partial charge is 0.396 e. The van der Waals surface area contributed by atoms with Crippen molar-refractivity contribution in [1.29, 1.82) is 0 Å². The smallest absolute Gasteiger partial charge is 0.151 e. The van der Waals surface area contributed by atoms with Crippen molar-refractivity contribution in [2.24, 2.45) is 0 Å².